The van der Waals surface area contributed by atoms with Crippen LogP contribution in [-0.4, -0.2) is 50.9 Å². The zero-order valence-corrected chi connectivity index (χ0v) is 26.5. The molecule has 1 fully saturated rings. The summed E-state index contributed by atoms with van der Waals surface area (Å²) in [4.78, 5) is 29.5. The fraction of sp³-hybridized carbons (Fsp3) is 0.394. The van der Waals surface area contributed by atoms with Crippen LogP contribution in [0.5, 0.6) is 5.75 Å². The number of hydrogen-bond donors (Lipinski definition) is 1. The molecule has 8 nitrogen and oxygen atoms in total. The van der Waals surface area contributed by atoms with E-state index >= 15 is 0 Å². The number of rotatable bonds is 12. The Bertz CT molecular complexity index is 1490. The molecule has 1 N–H and O–H groups in total. The molecular weight excluding hydrogens is 586 g/mol. The third-order valence-corrected chi connectivity index (χ3v) is 10.2. The molecule has 0 saturated heterocycles. The zero-order chi connectivity index (χ0) is 31.0. The highest BCUT2D eigenvalue weighted by atomic mass is 35.5. The summed E-state index contributed by atoms with van der Waals surface area (Å²) in [6.45, 7) is 3.19. The second-order valence-corrected chi connectivity index (χ2v) is 13.1. The lowest BCUT2D eigenvalue weighted by Gasteiger charge is -2.34. The summed E-state index contributed by atoms with van der Waals surface area (Å²) in [5, 5.41) is 3.55. The predicted molar refractivity (Wildman–Crippen MR) is 170 cm³/mol. The van der Waals surface area contributed by atoms with Gasteiger partial charge in [0.05, 0.1) is 17.7 Å². The van der Waals surface area contributed by atoms with E-state index in [1.54, 1.807) is 62.6 Å². The third-order valence-electron chi connectivity index (χ3n) is 7.97. The van der Waals surface area contributed by atoms with Gasteiger partial charge < -0.3 is 15.0 Å². The van der Waals surface area contributed by atoms with Gasteiger partial charge in [-0.1, -0.05) is 74.2 Å². The third kappa shape index (κ3) is 7.89. The summed E-state index contributed by atoms with van der Waals surface area (Å²) in [5.41, 5.74) is 1.61. The average molecular weight is 626 g/mol. The van der Waals surface area contributed by atoms with Crippen LogP contribution in [0, 0.1) is 6.92 Å². The lowest BCUT2D eigenvalue weighted by atomic mass is 9.95. The second kappa shape index (κ2) is 14.8. The van der Waals surface area contributed by atoms with Crippen LogP contribution in [0.4, 0.5) is 5.69 Å². The van der Waals surface area contributed by atoms with E-state index in [0.29, 0.717) is 28.4 Å². The van der Waals surface area contributed by atoms with E-state index in [-0.39, 0.29) is 23.4 Å². The zero-order valence-electron chi connectivity index (χ0n) is 25.0. The van der Waals surface area contributed by atoms with E-state index in [9.17, 15) is 18.0 Å². The van der Waals surface area contributed by atoms with Gasteiger partial charge >= 0.3 is 0 Å². The molecule has 0 radical (unpaired) electrons. The van der Waals surface area contributed by atoms with Gasteiger partial charge in [-0.05, 0) is 73.7 Å². The number of benzene rings is 3. The van der Waals surface area contributed by atoms with Gasteiger partial charge in [-0.3, -0.25) is 13.9 Å². The molecule has 1 aliphatic carbocycles. The smallest absolute Gasteiger partial charge is 0.264 e. The maximum atomic E-state index is 14.3. The summed E-state index contributed by atoms with van der Waals surface area (Å²) in [5.74, 6) is -0.0618. The van der Waals surface area contributed by atoms with Crippen molar-refractivity contribution in [3.05, 3.63) is 88.9 Å². The Labute approximate surface area is 260 Å². The van der Waals surface area contributed by atoms with Crippen molar-refractivity contribution in [3.8, 4) is 5.75 Å². The number of hydrogen-bond acceptors (Lipinski definition) is 5. The highest BCUT2D eigenvalue weighted by molar-refractivity contribution is 7.92. The quantitative estimate of drug-likeness (QED) is 0.262. The first-order valence-corrected chi connectivity index (χ1v) is 16.5. The van der Waals surface area contributed by atoms with Crippen molar-refractivity contribution < 1.29 is 22.7 Å². The van der Waals surface area contributed by atoms with E-state index in [2.05, 4.69) is 5.32 Å². The van der Waals surface area contributed by atoms with Crippen molar-refractivity contribution >= 4 is 39.1 Å². The minimum absolute atomic E-state index is 0.0472. The van der Waals surface area contributed by atoms with Crippen molar-refractivity contribution in [2.75, 3.05) is 18.0 Å². The fourth-order valence-corrected chi connectivity index (χ4v) is 7.15. The summed E-state index contributed by atoms with van der Waals surface area (Å²) < 4.78 is 34.5. The Kier molecular flexibility index (Phi) is 11.1. The van der Waals surface area contributed by atoms with Gasteiger partial charge in [-0.2, -0.15) is 0 Å². The molecule has 4 rings (SSSR count). The van der Waals surface area contributed by atoms with Crippen LogP contribution in [0.2, 0.25) is 5.02 Å². The van der Waals surface area contributed by atoms with Crippen LogP contribution in [0.25, 0.3) is 0 Å². The Balaban J connectivity index is 1.72. The van der Waals surface area contributed by atoms with Crippen molar-refractivity contribution in [1.29, 1.82) is 0 Å². The van der Waals surface area contributed by atoms with E-state index in [1.807, 2.05) is 19.1 Å². The van der Waals surface area contributed by atoms with Gasteiger partial charge in [0.1, 0.15) is 18.3 Å². The van der Waals surface area contributed by atoms with Crippen LogP contribution in [0.3, 0.4) is 0 Å². The lowest BCUT2D eigenvalue weighted by molar-refractivity contribution is -0.140. The summed E-state index contributed by atoms with van der Waals surface area (Å²) in [7, 11) is -2.59. The normalized spacial score (nSPS) is 14.5. The van der Waals surface area contributed by atoms with Gasteiger partial charge in [0.25, 0.3) is 10.0 Å². The molecule has 3 aromatic carbocycles. The second-order valence-electron chi connectivity index (χ2n) is 10.8. The van der Waals surface area contributed by atoms with Gasteiger partial charge in [0.2, 0.25) is 11.8 Å². The van der Waals surface area contributed by atoms with Crippen molar-refractivity contribution in [1.82, 2.24) is 10.2 Å². The predicted octanol–water partition coefficient (Wildman–Crippen LogP) is 6.11. The molecular formula is C33H40ClN3O5S. The number of amides is 2. The maximum absolute atomic E-state index is 14.3. The summed E-state index contributed by atoms with van der Waals surface area (Å²) >= 11 is 6.41. The van der Waals surface area contributed by atoms with Crippen LogP contribution < -0.4 is 14.4 Å². The van der Waals surface area contributed by atoms with Crippen LogP contribution in [-0.2, 0) is 26.2 Å². The Morgan fingerprint density at radius 3 is 2.28 bits per heavy atom. The molecule has 1 aliphatic rings. The lowest BCUT2D eigenvalue weighted by Crippen LogP contribution is -2.54. The molecule has 0 heterocycles. The monoisotopic (exact) mass is 625 g/mol. The molecule has 0 aromatic heterocycles. The van der Waals surface area contributed by atoms with E-state index in [1.165, 1.54) is 17.0 Å². The number of halogens is 1. The highest BCUT2D eigenvalue weighted by Crippen LogP contribution is 2.31. The van der Waals surface area contributed by atoms with Crippen LogP contribution >= 0.6 is 11.6 Å². The average Bonchev–Trinajstić information content (AvgIpc) is 3.02. The number of sulfonamides is 1. The summed E-state index contributed by atoms with van der Waals surface area (Å²) in [6, 6.07) is 19.5. The Hall–Kier alpha value is -3.56. The number of carbonyl (C=O) groups is 2. The number of carbonyl (C=O) groups excluding carboxylic acids is 2. The van der Waals surface area contributed by atoms with Crippen LogP contribution in [0.1, 0.15) is 56.6 Å². The van der Waals surface area contributed by atoms with E-state index in [4.69, 9.17) is 16.3 Å². The van der Waals surface area contributed by atoms with E-state index in [0.717, 1.165) is 42.0 Å². The molecule has 10 heteroatoms. The molecule has 2 amide bonds. The van der Waals surface area contributed by atoms with Crippen molar-refractivity contribution in [2.45, 2.75) is 75.9 Å². The maximum Gasteiger partial charge on any atom is 0.264 e. The SMILES string of the molecule is CC[C@H](C(=O)NC1CCCCC1)N(Cc1ccc(OC)cc1)C(=O)CN(c1cccc(Cl)c1C)S(=O)(=O)c1ccccc1. The Morgan fingerprint density at radius 2 is 1.65 bits per heavy atom. The minimum atomic E-state index is -4.17. The molecule has 1 atom stereocenters. The highest BCUT2D eigenvalue weighted by Gasteiger charge is 2.35. The number of ether oxygens (including phenoxy) is 1. The van der Waals surface area contributed by atoms with E-state index < -0.39 is 28.5 Å². The largest absolute Gasteiger partial charge is 0.497 e. The molecule has 1 saturated carbocycles. The molecule has 0 bridgehead atoms. The number of anilines is 1. The number of nitrogens with zero attached hydrogens (tertiary/aromatic N) is 2. The molecule has 0 spiro atoms. The molecule has 43 heavy (non-hydrogen) atoms. The standard InChI is InChI=1S/C33H40ClN3O5S/c1-4-30(33(39)35-26-12-7-5-8-13-26)36(22-25-18-20-27(42-3)21-19-25)32(38)23-37(31-17-11-16-29(34)24(31)2)43(40,41)28-14-9-6-10-15-28/h6,9-11,14-21,26,30H,4-5,7-8,12-13,22-23H2,1-3H3,(H,35,39)/t30-/m1/s1. The van der Waals surface area contributed by atoms with Crippen molar-refractivity contribution in [3.63, 3.8) is 0 Å². The first kappa shape index (κ1) is 32.4. The molecule has 0 aliphatic heterocycles. The number of nitrogens with one attached hydrogen (secondary N) is 1. The molecule has 0 unspecified atom stereocenters. The van der Waals surface area contributed by atoms with Crippen LogP contribution in [0.15, 0.2) is 77.7 Å². The van der Waals surface area contributed by atoms with Gasteiger partial charge in [-0.25, -0.2) is 8.42 Å². The van der Waals surface area contributed by atoms with Gasteiger partial charge in [0, 0.05) is 17.6 Å². The first-order chi connectivity index (χ1) is 20.6. The van der Waals surface area contributed by atoms with Crippen molar-refractivity contribution in [2.24, 2.45) is 0 Å². The minimum Gasteiger partial charge on any atom is -0.497 e. The molecule has 3 aromatic rings. The Morgan fingerprint density at radius 1 is 0.977 bits per heavy atom. The van der Waals surface area contributed by atoms with Gasteiger partial charge in [0.15, 0.2) is 0 Å². The molecule has 230 valence electrons. The first-order valence-electron chi connectivity index (χ1n) is 14.7. The summed E-state index contributed by atoms with van der Waals surface area (Å²) in [6.07, 6.45) is 5.45. The number of methoxy groups -OCH3 is 1. The fourth-order valence-electron chi connectivity index (χ4n) is 5.49. The topological polar surface area (TPSA) is 96.0 Å². The van der Waals surface area contributed by atoms with Gasteiger partial charge in [-0.15, -0.1) is 0 Å².